The number of methoxy groups -OCH3 is 1. The van der Waals surface area contributed by atoms with Crippen molar-refractivity contribution in [2.75, 3.05) is 33.8 Å². The van der Waals surface area contributed by atoms with Crippen LogP contribution in [-0.2, 0) is 6.54 Å². The highest BCUT2D eigenvalue weighted by atomic mass is 35.5. The first kappa shape index (κ1) is 16.4. The summed E-state index contributed by atoms with van der Waals surface area (Å²) in [5, 5.41) is 10.1. The lowest BCUT2D eigenvalue weighted by atomic mass is 10.0. The molecule has 0 unspecified atom stereocenters. The molecule has 1 aromatic carbocycles. The van der Waals surface area contributed by atoms with Crippen LogP contribution in [0.25, 0.3) is 0 Å². The summed E-state index contributed by atoms with van der Waals surface area (Å²) in [6.45, 7) is 6.51. The summed E-state index contributed by atoms with van der Waals surface area (Å²) in [5.74, 6) is 0.452. The molecular formula is C16H25ClN2O2. The number of phenols is 1. The van der Waals surface area contributed by atoms with E-state index in [1.165, 1.54) is 25.9 Å². The van der Waals surface area contributed by atoms with Gasteiger partial charge in [-0.2, -0.15) is 0 Å². The second-order valence-electron chi connectivity index (χ2n) is 5.71. The fraction of sp³-hybridized carbons (Fsp3) is 0.625. The van der Waals surface area contributed by atoms with Gasteiger partial charge in [0.05, 0.1) is 12.1 Å². The minimum Gasteiger partial charge on any atom is -0.503 e. The van der Waals surface area contributed by atoms with Crippen molar-refractivity contribution in [1.29, 1.82) is 0 Å². The maximum atomic E-state index is 9.79. The van der Waals surface area contributed by atoms with Gasteiger partial charge in [-0.05, 0) is 57.2 Å². The normalized spacial score (nSPS) is 17.4. The molecule has 1 fully saturated rings. The van der Waals surface area contributed by atoms with Crippen molar-refractivity contribution < 1.29 is 9.84 Å². The predicted molar refractivity (Wildman–Crippen MR) is 86.3 cm³/mol. The second kappa shape index (κ2) is 7.34. The summed E-state index contributed by atoms with van der Waals surface area (Å²) in [5.41, 5.74) is 1.06. The predicted octanol–water partition coefficient (Wildman–Crippen LogP) is 2.97. The van der Waals surface area contributed by atoms with Gasteiger partial charge in [0.2, 0.25) is 0 Å². The van der Waals surface area contributed by atoms with E-state index in [0.29, 0.717) is 16.8 Å². The zero-order valence-electron chi connectivity index (χ0n) is 13.1. The third kappa shape index (κ3) is 4.02. The van der Waals surface area contributed by atoms with Gasteiger partial charge in [-0.1, -0.05) is 18.5 Å². The van der Waals surface area contributed by atoms with E-state index in [0.717, 1.165) is 18.7 Å². The molecule has 2 rings (SSSR count). The van der Waals surface area contributed by atoms with Gasteiger partial charge in [-0.15, -0.1) is 0 Å². The molecule has 0 radical (unpaired) electrons. The van der Waals surface area contributed by atoms with Crippen molar-refractivity contribution in [2.24, 2.45) is 0 Å². The Labute approximate surface area is 132 Å². The molecule has 1 aliphatic rings. The van der Waals surface area contributed by atoms with Crippen LogP contribution in [-0.4, -0.2) is 54.7 Å². The molecule has 1 saturated heterocycles. The molecule has 1 aliphatic heterocycles. The molecular weight excluding hydrogens is 288 g/mol. The quantitative estimate of drug-likeness (QED) is 0.907. The van der Waals surface area contributed by atoms with Crippen molar-refractivity contribution in [3.63, 3.8) is 0 Å². The zero-order chi connectivity index (χ0) is 15.4. The average molecular weight is 313 g/mol. The van der Waals surface area contributed by atoms with Gasteiger partial charge in [0, 0.05) is 12.6 Å². The van der Waals surface area contributed by atoms with Crippen LogP contribution in [0.5, 0.6) is 11.5 Å². The van der Waals surface area contributed by atoms with E-state index in [4.69, 9.17) is 16.3 Å². The Balaban J connectivity index is 2.00. The Bertz CT molecular complexity index is 474. The topological polar surface area (TPSA) is 35.9 Å². The number of nitrogens with zero attached hydrogens (tertiary/aromatic N) is 2. The number of hydrogen-bond donors (Lipinski definition) is 1. The molecule has 4 nitrogen and oxygen atoms in total. The number of phenolic OH excluding ortho intramolecular Hbond substituents is 1. The van der Waals surface area contributed by atoms with Crippen LogP contribution in [0.3, 0.4) is 0 Å². The van der Waals surface area contributed by atoms with Crippen LogP contribution in [0.4, 0.5) is 0 Å². The average Bonchev–Trinajstić information content (AvgIpc) is 2.50. The molecule has 0 aromatic heterocycles. The summed E-state index contributed by atoms with van der Waals surface area (Å²) in [6.07, 6.45) is 2.40. The van der Waals surface area contributed by atoms with Crippen LogP contribution < -0.4 is 4.74 Å². The molecule has 0 saturated carbocycles. The molecule has 0 aliphatic carbocycles. The molecule has 1 heterocycles. The smallest absolute Gasteiger partial charge is 0.176 e. The minimum atomic E-state index is 0.0156. The standard InChI is InChI=1S/C16H25ClN2O2/c1-4-19-7-5-13(6-8-19)18(2)11-12-9-14(17)16(20)15(10-12)21-3/h9-10,13,20H,4-8,11H2,1-3H3. The van der Waals surface area contributed by atoms with Crippen molar-refractivity contribution in [1.82, 2.24) is 9.80 Å². The summed E-state index contributed by atoms with van der Waals surface area (Å²) < 4.78 is 5.16. The fourth-order valence-corrected chi connectivity index (χ4v) is 3.20. The molecule has 118 valence electrons. The highest BCUT2D eigenvalue weighted by molar-refractivity contribution is 6.32. The molecule has 0 spiro atoms. The van der Waals surface area contributed by atoms with E-state index < -0.39 is 0 Å². The van der Waals surface area contributed by atoms with Gasteiger partial charge in [-0.3, -0.25) is 4.90 Å². The summed E-state index contributed by atoms with van der Waals surface area (Å²) in [6, 6.07) is 4.28. The Morgan fingerprint density at radius 1 is 1.38 bits per heavy atom. The molecule has 5 heteroatoms. The SMILES string of the molecule is CCN1CCC(N(C)Cc2cc(Cl)c(O)c(OC)c2)CC1. The number of likely N-dealkylation sites (tertiary alicyclic amines) is 1. The van der Waals surface area contributed by atoms with E-state index in [1.807, 2.05) is 12.1 Å². The third-order valence-corrected chi connectivity index (χ3v) is 4.66. The number of piperidine rings is 1. The second-order valence-corrected chi connectivity index (χ2v) is 6.12. The zero-order valence-corrected chi connectivity index (χ0v) is 13.9. The van der Waals surface area contributed by atoms with Gasteiger partial charge in [-0.25, -0.2) is 0 Å². The fourth-order valence-electron chi connectivity index (χ4n) is 2.97. The molecule has 1 N–H and O–H groups in total. The monoisotopic (exact) mass is 312 g/mol. The van der Waals surface area contributed by atoms with E-state index in [9.17, 15) is 5.11 Å². The van der Waals surface area contributed by atoms with Crippen LogP contribution in [0.2, 0.25) is 5.02 Å². The number of aromatic hydroxyl groups is 1. The van der Waals surface area contributed by atoms with Crippen molar-refractivity contribution in [3.05, 3.63) is 22.7 Å². The maximum absolute atomic E-state index is 9.79. The third-order valence-electron chi connectivity index (χ3n) is 4.37. The van der Waals surface area contributed by atoms with Gasteiger partial charge >= 0.3 is 0 Å². The van der Waals surface area contributed by atoms with Crippen molar-refractivity contribution in [3.8, 4) is 11.5 Å². The number of benzene rings is 1. The molecule has 0 amide bonds. The van der Waals surface area contributed by atoms with E-state index in [-0.39, 0.29) is 5.75 Å². The largest absolute Gasteiger partial charge is 0.503 e. The van der Waals surface area contributed by atoms with E-state index in [1.54, 1.807) is 7.11 Å². The van der Waals surface area contributed by atoms with Gasteiger partial charge in [0.25, 0.3) is 0 Å². The molecule has 21 heavy (non-hydrogen) atoms. The highest BCUT2D eigenvalue weighted by Gasteiger charge is 2.22. The number of rotatable bonds is 5. The van der Waals surface area contributed by atoms with Crippen LogP contribution in [0.15, 0.2) is 12.1 Å². The van der Waals surface area contributed by atoms with Crippen LogP contribution in [0.1, 0.15) is 25.3 Å². The van der Waals surface area contributed by atoms with Crippen LogP contribution >= 0.6 is 11.6 Å². The van der Waals surface area contributed by atoms with Gasteiger partial charge < -0.3 is 14.7 Å². The number of hydrogen-bond acceptors (Lipinski definition) is 4. The first-order valence-corrected chi connectivity index (χ1v) is 7.91. The highest BCUT2D eigenvalue weighted by Crippen LogP contribution is 2.35. The van der Waals surface area contributed by atoms with E-state index in [2.05, 4.69) is 23.8 Å². The Morgan fingerprint density at radius 3 is 2.62 bits per heavy atom. The van der Waals surface area contributed by atoms with Crippen LogP contribution in [0, 0.1) is 0 Å². The lowest BCUT2D eigenvalue weighted by molar-refractivity contribution is 0.127. The summed E-state index contributed by atoms with van der Waals surface area (Å²) >= 11 is 6.05. The van der Waals surface area contributed by atoms with Crippen molar-refractivity contribution >= 4 is 11.6 Å². The van der Waals surface area contributed by atoms with E-state index >= 15 is 0 Å². The van der Waals surface area contributed by atoms with Gasteiger partial charge in [0.1, 0.15) is 0 Å². The Kier molecular flexibility index (Phi) is 5.73. The molecule has 1 aromatic rings. The van der Waals surface area contributed by atoms with Gasteiger partial charge in [0.15, 0.2) is 11.5 Å². The maximum Gasteiger partial charge on any atom is 0.176 e. The Morgan fingerprint density at radius 2 is 2.05 bits per heavy atom. The summed E-state index contributed by atoms with van der Waals surface area (Å²) in [7, 11) is 3.69. The number of halogens is 1. The number of ether oxygens (including phenoxy) is 1. The lowest BCUT2D eigenvalue weighted by Crippen LogP contribution is -2.42. The first-order valence-electron chi connectivity index (χ1n) is 7.53. The molecule has 0 atom stereocenters. The molecule has 0 bridgehead atoms. The lowest BCUT2D eigenvalue weighted by Gasteiger charge is -2.36. The minimum absolute atomic E-state index is 0.0156. The Hall–Kier alpha value is -0.970. The summed E-state index contributed by atoms with van der Waals surface area (Å²) in [4.78, 5) is 4.86. The first-order chi connectivity index (χ1) is 10.0. The van der Waals surface area contributed by atoms with Crippen molar-refractivity contribution in [2.45, 2.75) is 32.4 Å².